The lowest BCUT2D eigenvalue weighted by Gasteiger charge is -2.28. The highest BCUT2D eigenvalue weighted by atomic mass is 16.5. The highest BCUT2D eigenvalue weighted by molar-refractivity contribution is 5.94. The third kappa shape index (κ3) is 3.94. The largest absolute Gasteiger partial charge is 0.491 e. The molecule has 3 rings (SSSR count). The maximum absolute atomic E-state index is 11.4. The number of carbonyl (C=O) groups is 2. The van der Waals surface area contributed by atoms with Crippen molar-refractivity contribution in [3.05, 3.63) is 29.1 Å². The van der Waals surface area contributed by atoms with E-state index in [9.17, 15) is 19.8 Å². The molecular formula is C19H22N2O6. The smallest absolute Gasteiger partial charge is 0.341 e. The number of aromatic nitrogens is 2. The summed E-state index contributed by atoms with van der Waals surface area (Å²) in [5, 5.41) is 22.4. The molecule has 0 aromatic carbocycles. The maximum Gasteiger partial charge on any atom is 0.341 e. The number of carboxylic acids is 2. The normalized spacial score (nSPS) is 19.6. The van der Waals surface area contributed by atoms with Crippen molar-refractivity contribution in [3.8, 4) is 17.2 Å². The zero-order valence-electron chi connectivity index (χ0n) is 15.3. The minimum Gasteiger partial charge on any atom is -0.491 e. The summed E-state index contributed by atoms with van der Waals surface area (Å²) < 4.78 is 11.0. The van der Waals surface area contributed by atoms with Gasteiger partial charge in [-0.3, -0.25) is 4.79 Å². The first-order valence-electron chi connectivity index (χ1n) is 8.91. The van der Waals surface area contributed by atoms with Crippen LogP contribution < -0.4 is 4.74 Å². The summed E-state index contributed by atoms with van der Waals surface area (Å²) in [5.41, 5.74) is 1.20. The lowest BCUT2D eigenvalue weighted by molar-refractivity contribution is -0.145. The van der Waals surface area contributed by atoms with E-state index in [1.165, 1.54) is 0 Å². The van der Waals surface area contributed by atoms with Crippen LogP contribution in [-0.4, -0.2) is 38.9 Å². The molecule has 8 heteroatoms. The van der Waals surface area contributed by atoms with Crippen LogP contribution in [0.3, 0.4) is 0 Å². The zero-order valence-corrected chi connectivity index (χ0v) is 15.3. The van der Waals surface area contributed by atoms with Gasteiger partial charge >= 0.3 is 11.9 Å². The van der Waals surface area contributed by atoms with Gasteiger partial charge in [0.2, 0.25) is 0 Å². The molecule has 0 aliphatic heterocycles. The first-order valence-corrected chi connectivity index (χ1v) is 8.91. The number of pyridine rings is 1. The summed E-state index contributed by atoms with van der Waals surface area (Å²) in [6.07, 6.45) is 3.46. The minimum atomic E-state index is -1.12. The zero-order chi connectivity index (χ0) is 19.6. The number of aryl methyl sites for hydroxylation is 2. The third-order valence-corrected chi connectivity index (χ3v) is 5.03. The average Bonchev–Trinajstić information content (AvgIpc) is 3.02. The van der Waals surface area contributed by atoms with Gasteiger partial charge in [-0.05, 0) is 38.8 Å². The molecule has 1 saturated carbocycles. The monoisotopic (exact) mass is 374 g/mol. The van der Waals surface area contributed by atoms with E-state index in [0.717, 1.165) is 19.3 Å². The molecule has 0 spiro atoms. The van der Waals surface area contributed by atoms with Crippen LogP contribution >= 0.6 is 0 Å². The molecule has 0 saturated heterocycles. The van der Waals surface area contributed by atoms with E-state index in [4.69, 9.17) is 9.26 Å². The number of aliphatic carboxylic acids is 1. The van der Waals surface area contributed by atoms with Crippen LogP contribution in [0.4, 0.5) is 0 Å². The van der Waals surface area contributed by atoms with E-state index in [-0.39, 0.29) is 28.9 Å². The number of nitrogens with zero attached hydrogens (tertiary/aromatic N) is 2. The number of hydrogen-bond acceptors (Lipinski definition) is 6. The maximum atomic E-state index is 11.4. The van der Waals surface area contributed by atoms with Crippen LogP contribution in [-0.2, 0) is 4.79 Å². The average molecular weight is 374 g/mol. The molecule has 27 heavy (non-hydrogen) atoms. The van der Waals surface area contributed by atoms with Gasteiger partial charge in [0.25, 0.3) is 0 Å². The Labute approximate surface area is 156 Å². The van der Waals surface area contributed by atoms with Gasteiger partial charge in [0.05, 0.1) is 23.9 Å². The summed E-state index contributed by atoms with van der Waals surface area (Å²) >= 11 is 0. The van der Waals surface area contributed by atoms with Gasteiger partial charge in [-0.25, -0.2) is 9.78 Å². The molecule has 2 heterocycles. The summed E-state index contributed by atoms with van der Waals surface area (Å²) in [6.45, 7) is 3.63. The topological polar surface area (TPSA) is 123 Å². The summed E-state index contributed by atoms with van der Waals surface area (Å²) in [7, 11) is 0. The molecule has 0 unspecified atom stereocenters. The van der Waals surface area contributed by atoms with E-state index in [2.05, 4.69) is 10.1 Å². The quantitative estimate of drug-likeness (QED) is 0.789. The van der Waals surface area contributed by atoms with E-state index in [1.807, 2.05) is 0 Å². The molecule has 0 radical (unpaired) electrons. The Bertz CT molecular complexity index is 860. The molecule has 2 aromatic heterocycles. The molecule has 2 N–H and O–H groups in total. The van der Waals surface area contributed by atoms with Crippen molar-refractivity contribution >= 4 is 11.9 Å². The van der Waals surface area contributed by atoms with Crippen LogP contribution in [0, 0.1) is 25.7 Å². The molecule has 0 bridgehead atoms. The molecule has 1 aliphatic rings. The Morgan fingerprint density at radius 2 is 1.93 bits per heavy atom. The lowest BCUT2D eigenvalue weighted by Crippen LogP contribution is -2.31. The second-order valence-electron chi connectivity index (χ2n) is 6.86. The lowest BCUT2D eigenvalue weighted by atomic mass is 9.80. The van der Waals surface area contributed by atoms with E-state index in [0.29, 0.717) is 30.2 Å². The molecule has 1 fully saturated rings. The Morgan fingerprint density at radius 3 is 2.59 bits per heavy atom. The van der Waals surface area contributed by atoms with Gasteiger partial charge in [-0.1, -0.05) is 18.0 Å². The predicted molar refractivity (Wildman–Crippen MR) is 94.7 cm³/mol. The number of hydrogen-bond donors (Lipinski definition) is 2. The number of aromatic carboxylic acids is 1. The molecule has 0 amide bonds. The fourth-order valence-electron chi connectivity index (χ4n) is 3.55. The second-order valence-corrected chi connectivity index (χ2v) is 6.86. The number of ether oxygens (including phenoxy) is 1. The number of carboxylic acid groups (broad SMARTS) is 2. The Balaban J connectivity index is 1.76. The van der Waals surface area contributed by atoms with Crippen molar-refractivity contribution in [1.82, 2.24) is 10.1 Å². The molecule has 2 aromatic rings. The van der Waals surface area contributed by atoms with Crippen molar-refractivity contribution in [1.29, 1.82) is 0 Å². The number of rotatable bonds is 6. The Hall–Kier alpha value is -2.90. The standard InChI is InChI=1S/C19H22N2O6/c1-10-15(26-9-12-5-3-4-6-13(12)18(22)23)8-7-14(20-10)17-16(19(24)25)11(2)21-27-17/h7-8,12-13H,3-6,9H2,1-2H3,(H,22,23)(H,24,25)/t12-,13+/m1/s1. The fourth-order valence-corrected chi connectivity index (χ4v) is 3.55. The molecule has 144 valence electrons. The molecule has 2 atom stereocenters. The van der Waals surface area contributed by atoms with Crippen LogP contribution in [0.2, 0.25) is 0 Å². The first-order chi connectivity index (χ1) is 12.9. The van der Waals surface area contributed by atoms with Crippen LogP contribution in [0.25, 0.3) is 11.5 Å². The van der Waals surface area contributed by atoms with Gasteiger partial charge in [0.15, 0.2) is 5.76 Å². The first kappa shape index (κ1) is 18.9. The molecular weight excluding hydrogens is 352 g/mol. The van der Waals surface area contributed by atoms with Gasteiger partial charge < -0.3 is 19.5 Å². The van der Waals surface area contributed by atoms with Crippen molar-refractivity contribution < 1.29 is 29.1 Å². The van der Waals surface area contributed by atoms with Crippen molar-refractivity contribution in [2.24, 2.45) is 11.8 Å². The second kappa shape index (κ2) is 7.77. The fraction of sp³-hybridized carbons (Fsp3) is 0.474. The van der Waals surface area contributed by atoms with Gasteiger partial charge in [0.1, 0.15) is 17.0 Å². The summed E-state index contributed by atoms with van der Waals surface area (Å²) in [6, 6.07) is 3.31. The van der Waals surface area contributed by atoms with Crippen LogP contribution in [0.15, 0.2) is 16.7 Å². The Morgan fingerprint density at radius 1 is 1.19 bits per heavy atom. The summed E-state index contributed by atoms with van der Waals surface area (Å²) in [4.78, 5) is 27.2. The van der Waals surface area contributed by atoms with E-state index in [1.54, 1.807) is 26.0 Å². The van der Waals surface area contributed by atoms with Gasteiger partial charge in [-0.2, -0.15) is 0 Å². The van der Waals surface area contributed by atoms with Crippen LogP contribution in [0.5, 0.6) is 5.75 Å². The van der Waals surface area contributed by atoms with Gasteiger partial charge in [-0.15, -0.1) is 0 Å². The van der Waals surface area contributed by atoms with Crippen LogP contribution in [0.1, 0.15) is 47.4 Å². The highest BCUT2D eigenvalue weighted by Crippen LogP contribution is 2.32. The highest BCUT2D eigenvalue weighted by Gasteiger charge is 2.31. The molecule has 1 aliphatic carbocycles. The van der Waals surface area contributed by atoms with E-state index < -0.39 is 11.9 Å². The van der Waals surface area contributed by atoms with Crippen molar-refractivity contribution in [2.75, 3.05) is 6.61 Å². The summed E-state index contributed by atoms with van der Waals surface area (Å²) in [5.74, 6) is -1.64. The SMILES string of the molecule is Cc1nc(-c2onc(C)c2C(=O)O)ccc1OC[C@H]1CCCC[C@@H]1C(=O)O. The van der Waals surface area contributed by atoms with Gasteiger partial charge in [0, 0.05) is 5.92 Å². The Kier molecular flexibility index (Phi) is 5.43. The minimum absolute atomic E-state index is 0.0120. The van der Waals surface area contributed by atoms with Crippen molar-refractivity contribution in [2.45, 2.75) is 39.5 Å². The third-order valence-electron chi connectivity index (χ3n) is 5.03. The predicted octanol–water partition coefficient (Wildman–Crippen LogP) is 3.32. The van der Waals surface area contributed by atoms with Crippen molar-refractivity contribution in [3.63, 3.8) is 0 Å². The molecule has 8 nitrogen and oxygen atoms in total. The van der Waals surface area contributed by atoms with E-state index >= 15 is 0 Å².